The van der Waals surface area contributed by atoms with Crippen LogP contribution in [0.15, 0.2) is 12.2 Å². The van der Waals surface area contributed by atoms with Crippen molar-refractivity contribution in [2.45, 2.75) is 64.8 Å². The van der Waals surface area contributed by atoms with Crippen molar-refractivity contribution < 1.29 is 4.79 Å². The summed E-state index contributed by atoms with van der Waals surface area (Å²) in [4.78, 5) is 14.1. The van der Waals surface area contributed by atoms with E-state index in [1.807, 2.05) is 18.0 Å². The fourth-order valence-corrected chi connectivity index (χ4v) is 6.73. The molecule has 0 aromatic heterocycles. The molecule has 0 bridgehead atoms. The van der Waals surface area contributed by atoms with Crippen LogP contribution in [0.25, 0.3) is 0 Å². The summed E-state index contributed by atoms with van der Waals surface area (Å²) in [5, 5.41) is 0. The smallest absolute Gasteiger partial charge is 0.246 e. The van der Waals surface area contributed by atoms with Gasteiger partial charge in [0, 0.05) is 18.5 Å². The molecule has 4 aliphatic rings. The van der Waals surface area contributed by atoms with E-state index in [4.69, 9.17) is 0 Å². The third-order valence-electron chi connectivity index (χ3n) is 7.91. The minimum Gasteiger partial charge on any atom is -0.338 e. The van der Waals surface area contributed by atoms with Crippen LogP contribution < -0.4 is 0 Å². The minimum absolute atomic E-state index is 0.206. The van der Waals surface area contributed by atoms with Crippen LogP contribution >= 0.6 is 0 Å². The fraction of sp³-hybridized carbons (Fsp3) is 0.842. The molecule has 0 aromatic rings. The van der Waals surface area contributed by atoms with Gasteiger partial charge in [-0.15, -0.1) is 0 Å². The maximum Gasteiger partial charge on any atom is 0.246 e. The maximum absolute atomic E-state index is 12.0. The highest BCUT2D eigenvalue weighted by atomic mass is 16.2. The molecule has 1 aliphatic heterocycles. The number of hydrogen-bond donors (Lipinski definition) is 0. The molecule has 1 heterocycles. The van der Waals surface area contributed by atoms with Gasteiger partial charge in [0.2, 0.25) is 5.91 Å². The van der Waals surface area contributed by atoms with E-state index in [9.17, 15) is 4.79 Å². The predicted molar refractivity (Wildman–Crippen MR) is 84.7 cm³/mol. The molecule has 3 saturated carbocycles. The third-order valence-corrected chi connectivity index (χ3v) is 7.91. The summed E-state index contributed by atoms with van der Waals surface area (Å²) in [6.07, 6.45) is 13.8. The zero-order valence-electron chi connectivity index (χ0n) is 13.8. The van der Waals surface area contributed by atoms with Crippen molar-refractivity contribution in [2.24, 2.45) is 28.6 Å². The summed E-state index contributed by atoms with van der Waals surface area (Å²) in [5.41, 5.74) is 0.847. The Morgan fingerprint density at radius 2 is 1.90 bits per heavy atom. The van der Waals surface area contributed by atoms with Crippen molar-refractivity contribution in [3.05, 3.63) is 12.2 Å². The normalized spacial score (nSPS) is 52.3. The van der Waals surface area contributed by atoms with Crippen molar-refractivity contribution in [1.29, 1.82) is 0 Å². The van der Waals surface area contributed by atoms with Crippen LogP contribution in [0.1, 0.15) is 58.8 Å². The average Bonchev–Trinajstić information content (AvgIpc) is 2.85. The molecule has 3 aliphatic carbocycles. The summed E-state index contributed by atoms with van der Waals surface area (Å²) < 4.78 is 0. The quantitative estimate of drug-likeness (QED) is 0.659. The number of rotatable bonds is 0. The van der Waals surface area contributed by atoms with Crippen molar-refractivity contribution in [3.63, 3.8) is 0 Å². The second kappa shape index (κ2) is 4.36. The Kier molecular flexibility index (Phi) is 2.88. The zero-order valence-corrected chi connectivity index (χ0v) is 13.8. The largest absolute Gasteiger partial charge is 0.338 e. The molecular formula is C19H29NO. The van der Waals surface area contributed by atoms with Gasteiger partial charge in [-0.05, 0) is 67.8 Å². The van der Waals surface area contributed by atoms with Crippen LogP contribution in [-0.4, -0.2) is 23.9 Å². The van der Waals surface area contributed by atoms with Crippen LogP contribution in [-0.2, 0) is 4.79 Å². The molecular weight excluding hydrogens is 258 g/mol. The lowest BCUT2D eigenvalue weighted by Crippen LogP contribution is -2.59. The second-order valence-electron chi connectivity index (χ2n) is 8.70. The van der Waals surface area contributed by atoms with Crippen molar-refractivity contribution >= 4 is 5.91 Å². The fourth-order valence-electron chi connectivity index (χ4n) is 6.73. The number of likely N-dealkylation sites (N-methyl/N-ethyl adjacent to an activating group) is 1. The Balaban J connectivity index is 1.70. The van der Waals surface area contributed by atoms with E-state index in [2.05, 4.69) is 19.9 Å². The first kappa shape index (κ1) is 13.8. The van der Waals surface area contributed by atoms with Crippen LogP contribution in [0.2, 0.25) is 0 Å². The minimum atomic E-state index is 0.206. The van der Waals surface area contributed by atoms with E-state index in [1.54, 1.807) is 0 Å². The van der Waals surface area contributed by atoms with E-state index in [0.717, 1.165) is 17.8 Å². The third kappa shape index (κ3) is 1.74. The number of nitrogens with zero attached hydrogens (tertiary/aromatic N) is 1. The standard InChI is InChI=1S/C19H29NO/c1-18-10-4-5-14(18)13-6-7-16-19(2,15(13)8-11-18)12-9-17(21)20(16)3/h9,12-16H,4-8,10-11H2,1-3H3/t13-,14?,15?,16?,18-,19+/m0/s1. The molecule has 3 unspecified atom stereocenters. The second-order valence-corrected chi connectivity index (χ2v) is 8.70. The molecule has 116 valence electrons. The molecule has 4 rings (SSSR count). The van der Waals surface area contributed by atoms with Gasteiger partial charge in [-0.1, -0.05) is 26.3 Å². The predicted octanol–water partition coefficient (Wildman–Crippen LogP) is 4.02. The summed E-state index contributed by atoms with van der Waals surface area (Å²) in [7, 11) is 2.01. The van der Waals surface area contributed by atoms with E-state index in [-0.39, 0.29) is 11.3 Å². The highest BCUT2D eigenvalue weighted by molar-refractivity contribution is 5.89. The molecule has 2 nitrogen and oxygen atoms in total. The van der Waals surface area contributed by atoms with Crippen LogP contribution in [0, 0.1) is 28.6 Å². The van der Waals surface area contributed by atoms with E-state index < -0.39 is 0 Å². The molecule has 3 fully saturated rings. The molecule has 0 spiro atoms. The van der Waals surface area contributed by atoms with Crippen LogP contribution in [0.5, 0.6) is 0 Å². The first-order valence-electron chi connectivity index (χ1n) is 8.92. The summed E-state index contributed by atoms with van der Waals surface area (Å²) >= 11 is 0. The van der Waals surface area contributed by atoms with Gasteiger partial charge in [0.25, 0.3) is 0 Å². The first-order valence-corrected chi connectivity index (χ1v) is 8.92. The molecule has 1 amide bonds. The average molecular weight is 287 g/mol. The highest BCUT2D eigenvalue weighted by Crippen LogP contribution is 2.63. The maximum atomic E-state index is 12.0. The van der Waals surface area contributed by atoms with E-state index >= 15 is 0 Å². The monoisotopic (exact) mass is 287 g/mol. The van der Waals surface area contributed by atoms with Crippen molar-refractivity contribution in [3.8, 4) is 0 Å². The van der Waals surface area contributed by atoms with Crippen molar-refractivity contribution in [1.82, 2.24) is 4.90 Å². The summed E-state index contributed by atoms with van der Waals surface area (Å²) in [6, 6.07) is 0.432. The molecule has 0 N–H and O–H groups in total. The summed E-state index contributed by atoms with van der Waals surface area (Å²) in [5.74, 6) is 2.85. The van der Waals surface area contributed by atoms with Crippen LogP contribution in [0.4, 0.5) is 0 Å². The molecule has 0 aromatic carbocycles. The van der Waals surface area contributed by atoms with E-state index in [1.165, 1.54) is 44.9 Å². The zero-order chi connectivity index (χ0) is 14.8. The molecule has 6 atom stereocenters. The number of amides is 1. The molecule has 0 radical (unpaired) electrons. The molecule has 2 heteroatoms. The van der Waals surface area contributed by atoms with Gasteiger partial charge in [-0.3, -0.25) is 4.79 Å². The van der Waals surface area contributed by atoms with Gasteiger partial charge in [0.1, 0.15) is 0 Å². The van der Waals surface area contributed by atoms with Gasteiger partial charge >= 0.3 is 0 Å². The first-order chi connectivity index (χ1) is 9.96. The highest BCUT2D eigenvalue weighted by Gasteiger charge is 2.57. The lowest BCUT2D eigenvalue weighted by molar-refractivity contribution is -0.138. The van der Waals surface area contributed by atoms with Gasteiger partial charge in [-0.2, -0.15) is 0 Å². The number of hydrogen-bond acceptors (Lipinski definition) is 1. The summed E-state index contributed by atoms with van der Waals surface area (Å²) in [6.45, 7) is 4.99. The van der Waals surface area contributed by atoms with Gasteiger partial charge in [0.05, 0.1) is 0 Å². The SMILES string of the molecule is CN1C(=O)C=C[C@]2(C)C3CC[C@]4(C)CCCC4[C@@H]3CCC12. The Morgan fingerprint density at radius 3 is 2.71 bits per heavy atom. The number of carbonyl (C=O) groups is 1. The van der Waals surface area contributed by atoms with Gasteiger partial charge in [-0.25, -0.2) is 0 Å². The molecule has 0 saturated heterocycles. The number of carbonyl (C=O) groups excluding carboxylic acids is 1. The topological polar surface area (TPSA) is 20.3 Å². The Labute approximate surface area is 129 Å². The Morgan fingerprint density at radius 1 is 1.10 bits per heavy atom. The lowest BCUT2D eigenvalue weighted by Gasteiger charge is -2.59. The Hall–Kier alpha value is -0.790. The number of fused-ring (bicyclic) bond motifs is 5. The van der Waals surface area contributed by atoms with E-state index in [0.29, 0.717) is 11.5 Å². The van der Waals surface area contributed by atoms with Crippen molar-refractivity contribution in [2.75, 3.05) is 7.05 Å². The Bertz CT molecular complexity index is 498. The van der Waals surface area contributed by atoms with Gasteiger partial charge < -0.3 is 4.90 Å². The van der Waals surface area contributed by atoms with Gasteiger partial charge in [0.15, 0.2) is 0 Å². The van der Waals surface area contributed by atoms with Crippen LogP contribution in [0.3, 0.4) is 0 Å². The molecule has 21 heavy (non-hydrogen) atoms. The lowest BCUT2D eigenvalue weighted by atomic mass is 9.48.